The fraction of sp³-hybridized carbons (Fsp3) is 0.143. The monoisotopic (exact) mass is 219 g/mol. The number of anilines is 1. The molecule has 8 heteroatoms. The SMILES string of the molecule is N#Cc1cc(OC(F)(F)F)c(O)c(N)n1. The zero-order chi connectivity index (χ0) is 11.6. The van der Waals surface area contributed by atoms with Gasteiger partial charge in [-0.3, -0.25) is 0 Å². The summed E-state index contributed by atoms with van der Waals surface area (Å²) >= 11 is 0. The Morgan fingerprint density at radius 2 is 2.13 bits per heavy atom. The number of hydrogen-bond donors (Lipinski definition) is 2. The first-order chi connectivity index (χ1) is 6.83. The Kier molecular flexibility index (Phi) is 2.57. The molecule has 1 heterocycles. The molecule has 80 valence electrons. The molecule has 0 fully saturated rings. The predicted molar refractivity (Wildman–Crippen MR) is 41.7 cm³/mol. The molecule has 0 spiro atoms. The molecular weight excluding hydrogens is 215 g/mol. The van der Waals surface area contributed by atoms with Gasteiger partial charge in [-0.1, -0.05) is 0 Å². The maximum absolute atomic E-state index is 11.8. The van der Waals surface area contributed by atoms with Gasteiger partial charge in [0.25, 0.3) is 0 Å². The van der Waals surface area contributed by atoms with Crippen molar-refractivity contribution >= 4 is 5.82 Å². The maximum atomic E-state index is 11.8. The zero-order valence-corrected chi connectivity index (χ0v) is 7.04. The second kappa shape index (κ2) is 3.53. The topological polar surface area (TPSA) is 92.2 Å². The van der Waals surface area contributed by atoms with E-state index in [0.29, 0.717) is 6.07 Å². The molecule has 1 aromatic heterocycles. The molecule has 1 aromatic rings. The molecule has 5 nitrogen and oxygen atoms in total. The Balaban J connectivity index is 3.18. The van der Waals surface area contributed by atoms with Gasteiger partial charge in [-0.2, -0.15) is 5.26 Å². The second-order valence-electron chi connectivity index (χ2n) is 2.40. The van der Waals surface area contributed by atoms with Crippen LogP contribution in [0.1, 0.15) is 5.69 Å². The van der Waals surface area contributed by atoms with Crippen LogP contribution >= 0.6 is 0 Å². The number of alkyl halides is 3. The Labute approximate surface area is 81.5 Å². The molecule has 0 bridgehead atoms. The summed E-state index contributed by atoms with van der Waals surface area (Å²) in [6, 6.07) is 2.11. The first kappa shape index (κ1) is 10.9. The molecule has 0 aliphatic heterocycles. The van der Waals surface area contributed by atoms with E-state index in [9.17, 15) is 13.2 Å². The highest BCUT2D eigenvalue weighted by molar-refractivity contribution is 5.56. The minimum atomic E-state index is -4.97. The van der Waals surface area contributed by atoms with E-state index in [1.54, 1.807) is 0 Å². The molecule has 0 saturated heterocycles. The van der Waals surface area contributed by atoms with E-state index in [1.807, 2.05) is 0 Å². The van der Waals surface area contributed by atoms with Crippen molar-refractivity contribution in [2.45, 2.75) is 6.36 Å². The smallest absolute Gasteiger partial charge is 0.502 e. The van der Waals surface area contributed by atoms with E-state index in [-0.39, 0.29) is 5.69 Å². The minimum absolute atomic E-state index is 0.385. The summed E-state index contributed by atoms with van der Waals surface area (Å²) in [6.45, 7) is 0. The van der Waals surface area contributed by atoms with E-state index in [1.165, 1.54) is 6.07 Å². The van der Waals surface area contributed by atoms with Gasteiger partial charge in [-0.05, 0) is 0 Å². The first-order valence-electron chi connectivity index (χ1n) is 3.49. The van der Waals surface area contributed by atoms with Gasteiger partial charge in [0.05, 0.1) is 0 Å². The zero-order valence-electron chi connectivity index (χ0n) is 7.04. The number of pyridine rings is 1. The first-order valence-corrected chi connectivity index (χ1v) is 3.49. The minimum Gasteiger partial charge on any atom is -0.502 e. The number of ether oxygens (including phenoxy) is 1. The molecule has 0 amide bonds. The lowest BCUT2D eigenvalue weighted by Gasteiger charge is -2.10. The van der Waals surface area contributed by atoms with Crippen molar-refractivity contribution < 1.29 is 23.0 Å². The molecule has 0 aliphatic rings. The third-order valence-corrected chi connectivity index (χ3v) is 1.32. The lowest BCUT2D eigenvalue weighted by atomic mass is 10.3. The van der Waals surface area contributed by atoms with Crippen molar-refractivity contribution in [1.82, 2.24) is 4.98 Å². The fourth-order valence-corrected chi connectivity index (χ4v) is 0.794. The predicted octanol–water partition coefficient (Wildman–Crippen LogP) is 1.14. The largest absolute Gasteiger partial charge is 0.573 e. The summed E-state index contributed by atoms with van der Waals surface area (Å²) in [7, 11) is 0. The molecule has 0 radical (unpaired) electrons. The third kappa shape index (κ3) is 2.63. The summed E-state index contributed by atoms with van der Waals surface area (Å²) < 4.78 is 38.9. The highest BCUT2D eigenvalue weighted by atomic mass is 19.4. The van der Waals surface area contributed by atoms with Crippen LogP contribution in [-0.2, 0) is 0 Å². The fourth-order valence-electron chi connectivity index (χ4n) is 0.794. The van der Waals surface area contributed by atoms with Crippen LogP contribution in [0.15, 0.2) is 6.07 Å². The van der Waals surface area contributed by atoms with E-state index in [4.69, 9.17) is 16.1 Å². The summed E-state index contributed by atoms with van der Waals surface area (Å²) in [5.41, 5.74) is 4.67. The molecule has 0 aromatic carbocycles. The molecule has 0 aliphatic carbocycles. The van der Waals surface area contributed by atoms with Crippen molar-refractivity contribution in [2.75, 3.05) is 5.73 Å². The van der Waals surface area contributed by atoms with Crippen molar-refractivity contribution in [1.29, 1.82) is 5.26 Å². The molecule has 3 N–H and O–H groups in total. The van der Waals surface area contributed by atoms with Crippen molar-refractivity contribution in [2.24, 2.45) is 0 Å². The van der Waals surface area contributed by atoms with Gasteiger partial charge in [-0.25, -0.2) is 4.98 Å². The second-order valence-corrected chi connectivity index (χ2v) is 2.40. The van der Waals surface area contributed by atoms with Crippen LogP contribution in [-0.4, -0.2) is 16.5 Å². The molecule has 0 saturated carbocycles. The number of nitrogens with two attached hydrogens (primary N) is 1. The summed E-state index contributed by atoms with van der Waals surface area (Å²) in [4.78, 5) is 3.30. The van der Waals surface area contributed by atoms with Gasteiger partial charge in [-0.15, -0.1) is 13.2 Å². The van der Waals surface area contributed by atoms with Crippen LogP contribution in [0.4, 0.5) is 19.0 Å². The molecule has 1 rings (SSSR count). The Morgan fingerprint density at radius 1 is 1.53 bits per heavy atom. The van der Waals surface area contributed by atoms with Crippen molar-refractivity contribution in [3.05, 3.63) is 11.8 Å². The lowest BCUT2D eigenvalue weighted by molar-refractivity contribution is -0.275. The average molecular weight is 219 g/mol. The van der Waals surface area contributed by atoms with Gasteiger partial charge in [0.15, 0.2) is 11.6 Å². The number of nitriles is 1. The number of hydrogen-bond acceptors (Lipinski definition) is 5. The highest BCUT2D eigenvalue weighted by Gasteiger charge is 2.33. The van der Waals surface area contributed by atoms with Crippen LogP contribution < -0.4 is 10.5 Å². The van der Waals surface area contributed by atoms with Crippen molar-refractivity contribution in [3.8, 4) is 17.6 Å². The summed E-state index contributed by atoms with van der Waals surface area (Å²) in [5.74, 6) is -2.51. The van der Waals surface area contributed by atoms with Crippen molar-refractivity contribution in [3.63, 3.8) is 0 Å². The molecule has 15 heavy (non-hydrogen) atoms. The maximum Gasteiger partial charge on any atom is 0.573 e. The third-order valence-electron chi connectivity index (χ3n) is 1.32. The quantitative estimate of drug-likeness (QED) is 0.738. The van der Waals surface area contributed by atoms with Gasteiger partial charge in [0.1, 0.15) is 11.8 Å². The summed E-state index contributed by atoms with van der Waals surface area (Å²) in [6.07, 6.45) is -4.97. The Morgan fingerprint density at radius 3 is 2.60 bits per heavy atom. The van der Waals surface area contributed by atoms with Crippen LogP contribution in [0.5, 0.6) is 11.5 Å². The normalized spacial score (nSPS) is 10.8. The highest BCUT2D eigenvalue weighted by Crippen LogP contribution is 2.34. The number of nitrogens with zero attached hydrogens (tertiary/aromatic N) is 2. The molecule has 0 unspecified atom stereocenters. The average Bonchev–Trinajstić information content (AvgIpc) is 2.10. The van der Waals surface area contributed by atoms with E-state index < -0.39 is 23.7 Å². The van der Waals surface area contributed by atoms with E-state index >= 15 is 0 Å². The van der Waals surface area contributed by atoms with E-state index in [0.717, 1.165) is 0 Å². The number of halogens is 3. The number of aromatic nitrogens is 1. The van der Waals surface area contributed by atoms with Gasteiger partial charge in [0.2, 0.25) is 5.75 Å². The Bertz CT molecular complexity index is 425. The van der Waals surface area contributed by atoms with Crippen LogP contribution in [0.3, 0.4) is 0 Å². The summed E-state index contributed by atoms with van der Waals surface area (Å²) in [5, 5.41) is 17.4. The Hall–Kier alpha value is -2.17. The van der Waals surface area contributed by atoms with Gasteiger partial charge < -0.3 is 15.6 Å². The molecular formula is C7H4F3N3O2. The lowest BCUT2D eigenvalue weighted by Crippen LogP contribution is -2.17. The van der Waals surface area contributed by atoms with Gasteiger partial charge >= 0.3 is 6.36 Å². The van der Waals surface area contributed by atoms with Crippen LogP contribution in [0.2, 0.25) is 0 Å². The van der Waals surface area contributed by atoms with Crippen LogP contribution in [0, 0.1) is 11.3 Å². The van der Waals surface area contributed by atoms with E-state index in [2.05, 4.69) is 9.72 Å². The van der Waals surface area contributed by atoms with Gasteiger partial charge in [0, 0.05) is 6.07 Å². The number of aromatic hydroxyl groups is 1. The number of nitrogen functional groups attached to an aromatic ring is 1. The molecule has 0 atom stereocenters. The standard InChI is InChI=1S/C7H4F3N3O2/c8-7(9,10)15-4-1-3(2-11)13-6(12)5(4)14/h1,14H,(H2,12,13). The number of rotatable bonds is 1. The van der Waals surface area contributed by atoms with Crippen LogP contribution in [0.25, 0.3) is 0 Å².